The molecule has 5 nitrogen and oxygen atoms in total. The Hall–Kier alpha value is -1.59. The van der Waals surface area contributed by atoms with Crippen LogP contribution in [-0.2, 0) is 9.53 Å². The van der Waals surface area contributed by atoms with Crippen molar-refractivity contribution >= 4 is 5.97 Å². The summed E-state index contributed by atoms with van der Waals surface area (Å²) in [5.74, 6) is 0.233. The van der Waals surface area contributed by atoms with Gasteiger partial charge in [-0.3, -0.25) is 0 Å². The summed E-state index contributed by atoms with van der Waals surface area (Å²) in [5.41, 5.74) is 0.426. The Morgan fingerprint density at radius 2 is 1.79 bits per heavy atom. The van der Waals surface area contributed by atoms with Crippen molar-refractivity contribution < 1.29 is 24.5 Å². The average Bonchev–Trinajstić information content (AvgIpc) is 2.43. The van der Waals surface area contributed by atoms with Crippen molar-refractivity contribution in [3.8, 4) is 5.75 Å². The van der Waals surface area contributed by atoms with Crippen LogP contribution in [0.25, 0.3) is 0 Å². The third-order valence-corrected chi connectivity index (χ3v) is 2.55. The van der Waals surface area contributed by atoms with Crippen LogP contribution in [0.5, 0.6) is 5.75 Å². The van der Waals surface area contributed by atoms with Gasteiger partial charge in [0.1, 0.15) is 11.9 Å². The molecule has 0 spiro atoms. The van der Waals surface area contributed by atoms with E-state index in [1.165, 1.54) is 0 Å². The Morgan fingerprint density at radius 3 is 2.26 bits per heavy atom. The smallest absolute Gasteiger partial charge is 0.337 e. The molecule has 0 heterocycles. The van der Waals surface area contributed by atoms with Crippen molar-refractivity contribution in [1.29, 1.82) is 0 Å². The van der Waals surface area contributed by atoms with Gasteiger partial charge in [0.05, 0.1) is 13.7 Å². The molecule has 106 valence electrons. The zero-order valence-corrected chi connectivity index (χ0v) is 11.4. The molecule has 0 aliphatic rings. The highest BCUT2D eigenvalue weighted by Gasteiger charge is 2.26. The maximum absolute atomic E-state index is 11.1. The fourth-order valence-electron chi connectivity index (χ4n) is 1.46. The van der Waals surface area contributed by atoms with Gasteiger partial charge >= 0.3 is 5.97 Å². The third-order valence-electron chi connectivity index (χ3n) is 2.55. The molecule has 5 heteroatoms. The third kappa shape index (κ3) is 4.54. The number of benzene rings is 1. The number of aliphatic hydroxyl groups excluding tert-OH is 2. The highest BCUT2D eigenvalue weighted by atomic mass is 16.5. The highest BCUT2D eigenvalue weighted by molar-refractivity contribution is 5.75. The molecule has 0 aliphatic heterocycles. The lowest BCUT2D eigenvalue weighted by Crippen LogP contribution is -2.28. The van der Waals surface area contributed by atoms with E-state index in [0.717, 1.165) is 7.11 Å². The van der Waals surface area contributed by atoms with E-state index in [1.807, 2.05) is 13.8 Å². The lowest BCUT2D eigenvalue weighted by atomic mass is 10.0. The van der Waals surface area contributed by atoms with Crippen molar-refractivity contribution in [3.63, 3.8) is 0 Å². The maximum atomic E-state index is 11.1. The normalized spacial score (nSPS) is 14.0. The van der Waals surface area contributed by atoms with Gasteiger partial charge in [0.2, 0.25) is 0 Å². The van der Waals surface area contributed by atoms with Gasteiger partial charge < -0.3 is 19.7 Å². The molecule has 2 unspecified atom stereocenters. The number of rotatable bonds is 6. The van der Waals surface area contributed by atoms with E-state index >= 15 is 0 Å². The second-order valence-corrected chi connectivity index (χ2v) is 4.69. The maximum Gasteiger partial charge on any atom is 0.337 e. The number of carbonyl (C=O) groups is 1. The van der Waals surface area contributed by atoms with E-state index in [9.17, 15) is 15.0 Å². The zero-order chi connectivity index (χ0) is 14.4. The highest BCUT2D eigenvalue weighted by Crippen LogP contribution is 2.21. The Labute approximate surface area is 112 Å². The fraction of sp³-hybridized carbons (Fsp3) is 0.500. The first-order valence-corrected chi connectivity index (χ1v) is 6.12. The fourth-order valence-corrected chi connectivity index (χ4v) is 1.46. The first-order chi connectivity index (χ1) is 8.95. The van der Waals surface area contributed by atoms with E-state index in [2.05, 4.69) is 4.74 Å². The summed E-state index contributed by atoms with van der Waals surface area (Å²) < 4.78 is 9.87. The second-order valence-electron chi connectivity index (χ2n) is 4.69. The Bertz CT molecular complexity index is 399. The largest absolute Gasteiger partial charge is 0.493 e. The van der Waals surface area contributed by atoms with Crippen LogP contribution >= 0.6 is 0 Å². The number of esters is 1. The summed E-state index contributed by atoms with van der Waals surface area (Å²) >= 11 is 0. The quantitative estimate of drug-likeness (QED) is 0.760. The van der Waals surface area contributed by atoms with Gasteiger partial charge in [-0.1, -0.05) is 26.0 Å². The second kappa shape index (κ2) is 7.11. The van der Waals surface area contributed by atoms with Gasteiger partial charge in [-0.25, -0.2) is 4.79 Å². The number of hydrogen-bond donors (Lipinski definition) is 2. The predicted octanol–water partition coefficient (Wildman–Crippen LogP) is 1.29. The molecule has 0 saturated carbocycles. The molecule has 0 aliphatic carbocycles. The first-order valence-electron chi connectivity index (χ1n) is 6.12. The van der Waals surface area contributed by atoms with Crippen molar-refractivity contribution in [2.75, 3.05) is 13.7 Å². The van der Waals surface area contributed by atoms with Crippen LogP contribution in [0.3, 0.4) is 0 Å². The minimum atomic E-state index is -1.59. The molecule has 1 rings (SSSR count). The molecule has 1 aromatic rings. The van der Waals surface area contributed by atoms with Crippen molar-refractivity contribution in [3.05, 3.63) is 29.8 Å². The summed E-state index contributed by atoms with van der Waals surface area (Å²) in [6, 6.07) is 6.58. The summed E-state index contributed by atoms with van der Waals surface area (Å²) in [5, 5.41) is 19.3. The summed E-state index contributed by atoms with van der Waals surface area (Å²) in [4.78, 5) is 11.1. The molecule has 0 saturated heterocycles. The molecular weight excluding hydrogens is 248 g/mol. The molecule has 2 atom stereocenters. The number of carbonyl (C=O) groups excluding carboxylic acids is 1. The number of ether oxygens (including phenoxy) is 2. The van der Waals surface area contributed by atoms with E-state index in [4.69, 9.17) is 4.74 Å². The molecule has 0 fully saturated rings. The van der Waals surface area contributed by atoms with E-state index < -0.39 is 18.2 Å². The Kier molecular flexibility index (Phi) is 5.79. The molecule has 0 radical (unpaired) electrons. The van der Waals surface area contributed by atoms with Crippen LogP contribution in [0, 0.1) is 5.92 Å². The van der Waals surface area contributed by atoms with Gasteiger partial charge in [-0.15, -0.1) is 0 Å². The Balaban J connectivity index is 2.67. The van der Waals surface area contributed by atoms with Crippen molar-refractivity contribution in [2.24, 2.45) is 5.92 Å². The van der Waals surface area contributed by atoms with Crippen molar-refractivity contribution in [2.45, 2.75) is 26.1 Å². The van der Waals surface area contributed by atoms with Gasteiger partial charge in [0, 0.05) is 0 Å². The molecule has 0 aromatic heterocycles. The average molecular weight is 268 g/mol. The molecule has 2 N–H and O–H groups in total. The zero-order valence-electron chi connectivity index (χ0n) is 11.4. The molecule has 0 bridgehead atoms. The standard InChI is InChI=1S/C14H20O5/c1-9(2)8-19-11-6-4-10(5-7-11)12(15)13(16)14(17)18-3/h4-7,9,12-13,15-16H,8H2,1-3H3. The van der Waals surface area contributed by atoms with Crippen LogP contribution in [0.1, 0.15) is 25.5 Å². The Morgan fingerprint density at radius 1 is 1.21 bits per heavy atom. The molecule has 19 heavy (non-hydrogen) atoms. The number of aliphatic hydroxyl groups is 2. The van der Waals surface area contributed by atoms with E-state index in [-0.39, 0.29) is 0 Å². The van der Waals surface area contributed by atoms with Gasteiger partial charge in [-0.2, -0.15) is 0 Å². The SMILES string of the molecule is COC(=O)C(O)C(O)c1ccc(OCC(C)C)cc1. The molecular formula is C14H20O5. The topological polar surface area (TPSA) is 76.0 Å². The lowest BCUT2D eigenvalue weighted by Gasteiger charge is -2.16. The monoisotopic (exact) mass is 268 g/mol. The van der Waals surface area contributed by atoms with Crippen LogP contribution < -0.4 is 4.74 Å². The molecule has 0 amide bonds. The van der Waals surface area contributed by atoms with E-state index in [1.54, 1.807) is 24.3 Å². The van der Waals surface area contributed by atoms with Gasteiger partial charge in [-0.05, 0) is 23.6 Å². The summed E-state index contributed by atoms with van der Waals surface area (Å²) in [7, 11) is 1.15. The lowest BCUT2D eigenvalue weighted by molar-refractivity contribution is -0.156. The van der Waals surface area contributed by atoms with Crippen LogP contribution in [0.4, 0.5) is 0 Å². The minimum Gasteiger partial charge on any atom is -0.493 e. The minimum absolute atomic E-state index is 0.423. The summed E-state index contributed by atoms with van der Waals surface area (Å²) in [6.45, 7) is 4.70. The van der Waals surface area contributed by atoms with Gasteiger partial charge in [0.25, 0.3) is 0 Å². The van der Waals surface area contributed by atoms with Crippen molar-refractivity contribution in [1.82, 2.24) is 0 Å². The summed E-state index contributed by atoms with van der Waals surface area (Å²) in [6.07, 6.45) is -2.90. The number of methoxy groups -OCH3 is 1. The predicted molar refractivity (Wildman–Crippen MR) is 69.8 cm³/mol. The van der Waals surface area contributed by atoms with Crippen LogP contribution in [0.2, 0.25) is 0 Å². The van der Waals surface area contributed by atoms with E-state index in [0.29, 0.717) is 23.8 Å². The van der Waals surface area contributed by atoms with Crippen LogP contribution in [-0.4, -0.2) is 36.0 Å². The molecule has 1 aromatic carbocycles. The van der Waals surface area contributed by atoms with Gasteiger partial charge in [0.15, 0.2) is 6.10 Å². The first kappa shape index (κ1) is 15.5. The van der Waals surface area contributed by atoms with Crippen LogP contribution in [0.15, 0.2) is 24.3 Å². The number of hydrogen-bond acceptors (Lipinski definition) is 5.